The number of carbonyl (C=O) groups excluding carboxylic acids is 1. The number of amides is 1. The van der Waals surface area contributed by atoms with Crippen molar-refractivity contribution in [2.24, 2.45) is 4.99 Å². The van der Waals surface area contributed by atoms with Gasteiger partial charge < -0.3 is 10.3 Å². The van der Waals surface area contributed by atoms with Crippen LogP contribution in [0.5, 0.6) is 0 Å². The standard InChI is InChI=1S/C33H31N3OS/c1-21-17-22(2)30-26(18-21)27(31(36-30)24-13-7-4-8-14-24)20-35-33-29(25-15-9-10-16-28(25)38-33)32(37)34-19-23-11-5-3-6-12-23/h3-8,11-14,17-18,20,36H,9-10,15-16,19H2,1-2H3,(H,34,37). The predicted molar refractivity (Wildman–Crippen MR) is 159 cm³/mol. The number of nitrogens with one attached hydrogen (secondary N) is 2. The number of aromatic nitrogens is 1. The van der Waals surface area contributed by atoms with Crippen LogP contribution >= 0.6 is 11.3 Å². The van der Waals surface area contributed by atoms with Gasteiger partial charge in [0.2, 0.25) is 0 Å². The SMILES string of the molecule is Cc1cc(C)c2[nH]c(-c3ccccc3)c(C=Nc3sc4c(c3C(=O)NCc3ccccc3)CCCC4)c2c1. The summed E-state index contributed by atoms with van der Waals surface area (Å²) in [6.45, 7) is 4.78. The van der Waals surface area contributed by atoms with E-state index in [0.29, 0.717) is 6.54 Å². The molecule has 1 aliphatic rings. The zero-order valence-corrected chi connectivity index (χ0v) is 22.6. The molecular formula is C33H31N3OS. The lowest BCUT2D eigenvalue weighted by molar-refractivity contribution is 0.0951. The molecule has 1 aliphatic carbocycles. The van der Waals surface area contributed by atoms with Gasteiger partial charge >= 0.3 is 0 Å². The number of H-pyrrole nitrogens is 1. The summed E-state index contributed by atoms with van der Waals surface area (Å²) in [5.41, 5.74) is 9.82. The number of hydrogen-bond donors (Lipinski definition) is 2. The number of aryl methyl sites for hydroxylation is 3. The van der Waals surface area contributed by atoms with Crippen LogP contribution in [0, 0.1) is 13.8 Å². The normalized spacial score (nSPS) is 13.2. The van der Waals surface area contributed by atoms with E-state index in [-0.39, 0.29) is 5.91 Å². The molecule has 0 saturated heterocycles. The Bertz CT molecular complexity index is 1640. The summed E-state index contributed by atoms with van der Waals surface area (Å²) in [5, 5.41) is 5.11. The smallest absolute Gasteiger partial charge is 0.254 e. The molecule has 190 valence electrons. The molecule has 4 nitrogen and oxygen atoms in total. The molecule has 0 radical (unpaired) electrons. The van der Waals surface area contributed by atoms with Crippen LogP contribution in [0.3, 0.4) is 0 Å². The molecule has 3 aromatic carbocycles. The van der Waals surface area contributed by atoms with Crippen LogP contribution in [-0.2, 0) is 19.4 Å². The Labute approximate surface area is 227 Å². The molecule has 5 aromatic rings. The number of rotatable bonds is 6. The highest BCUT2D eigenvalue weighted by Gasteiger charge is 2.25. The average molecular weight is 518 g/mol. The largest absolute Gasteiger partial charge is 0.354 e. The molecule has 0 saturated carbocycles. The number of aliphatic imine (C=N–C) groups is 1. The van der Waals surface area contributed by atoms with Crippen molar-refractivity contribution in [3.63, 3.8) is 0 Å². The predicted octanol–water partition coefficient (Wildman–Crippen LogP) is 8.07. The molecule has 0 fully saturated rings. The van der Waals surface area contributed by atoms with E-state index in [2.05, 4.69) is 60.5 Å². The fourth-order valence-electron chi connectivity index (χ4n) is 5.51. The zero-order valence-electron chi connectivity index (χ0n) is 21.8. The summed E-state index contributed by atoms with van der Waals surface area (Å²) >= 11 is 1.68. The van der Waals surface area contributed by atoms with Crippen LogP contribution in [0.15, 0.2) is 77.8 Å². The first-order chi connectivity index (χ1) is 18.6. The minimum absolute atomic E-state index is 0.0331. The van der Waals surface area contributed by atoms with Gasteiger partial charge in [0.15, 0.2) is 0 Å². The molecule has 2 heterocycles. The fourth-order valence-corrected chi connectivity index (χ4v) is 6.74. The molecule has 5 heteroatoms. The topological polar surface area (TPSA) is 57.2 Å². The Kier molecular flexibility index (Phi) is 6.69. The van der Waals surface area contributed by atoms with Crippen LogP contribution in [0.1, 0.15) is 55.9 Å². The number of fused-ring (bicyclic) bond motifs is 2. The van der Waals surface area contributed by atoms with Gasteiger partial charge in [0.05, 0.1) is 11.3 Å². The van der Waals surface area contributed by atoms with Crippen molar-refractivity contribution in [2.75, 3.05) is 0 Å². The quantitative estimate of drug-likeness (QED) is 0.220. The van der Waals surface area contributed by atoms with Crippen LogP contribution in [0.25, 0.3) is 22.2 Å². The zero-order chi connectivity index (χ0) is 26.1. The Hall–Kier alpha value is -3.96. The summed E-state index contributed by atoms with van der Waals surface area (Å²) in [6.07, 6.45) is 6.21. The second-order valence-corrected chi connectivity index (χ2v) is 11.2. The number of carbonyl (C=O) groups is 1. The van der Waals surface area contributed by atoms with E-state index < -0.39 is 0 Å². The van der Waals surface area contributed by atoms with Crippen LogP contribution in [-0.4, -0.2) is 17.1 Å². The lowest BCUT2D eigenvalue weighted by Gasteiger charge is -2.12. The van der Waals surface area contributed by atoms with Crippen LogP contribution in [0.2, 0.25) is 0 Å². The monoisotopic (exact) mass is 517 g/mol. The number of thiophene rings is 1. The van der Waals surface area contributed by atoms with Gasteiger partial charge in [-0.3, -0.25) is 4.79 Å². The molecule has 6 rings (SSSR count). The first kappa shape index (κ1) is 24.4. The molecule has 2 N–H and O–H groups in total. The van der Waals surface area contributed by atoms with Gasteiger partial charge in [-0.25, -0.2) is 4.99 Å². The minimum atomic E-state index is -0.0331. The van der Waals surface area contributed by atoms with Crippen molar-refractivity contribution in [3.05, 3.63) is 111 Å². The van der Waals surface area contributed by atoms with Crippen molar-refractivity contribution < 1.29 is 4.79 Å². The molecule has 0 bridgehead atoms. The fraction of sp³-hybridized carbons (Fsp3) is 0.212. The van der Waals surface area contributed by atoms with Crippen LogP contribution < -0.4 is 5.32 Å². The van der Waals surface area contributed by atoms with Gasteiger partial charge in [-0.15, -0.1) is 11.3 Å². The molecular weight excluding hydrogens is 486 g/mol. The highest BCUT2D eigenvalue weighted by molar-refractivity contribution is 7.16. The van der Waals surface area contributed by atoms with Gasteiger partial charge in [0.1, 0.15) is 5.00 Å². The van der Waals surface area contributed by atoms with Gasteiger partial charge in [-0.05, 0) is 67.9 Å². The number of benzene rings is 3. The van der Waals surface area contributed by atoms with E-state index >= 15 is 0 Å². The minimum Gasteiger partial charge on any atom is -0.354 e. The van der Waals surface area contributed by atoms with Crippen molar-refractivity contribution >= 4 is 39.4 Å². The first-order valence-corrected chi connectivity index (χ1v) is 14.1. The Balaban J connectivity index is 1.43. The van der Waals surface area contributed by atoms with E-state index in [1.54, 1.807) is 11.3 Å². The van der Waals surface area contributed by atoms with E-state index in [1.165, 1.54) is 28.0 Å². The molecule has 1 amide bonds. The third-order valence-corrected chi connectivity index (χ3v) is 8.54. The lowest BCUT2D eigenvalue weighted by Crippen LogP contribution is -2.24. The third kappa shape index (κ3) is 4.70. The highest BCUT2D eigenvalue weighted by Crippen LogP contribution is 2.40. The third-order valence-electron chi connectivity index (χ3n) is 7.34. The maximum atomic E-state index is 13.5. The Morgan fingerprint density at radius 2 is 1.74 bits per heavy atom. The van der Waals surface area contributed by atoms with E-state index in [1.807, 2.05) is 42.6 Å². The maximum absolute atomic E-state index is 13.5. The molecule has 2 aromatic heterocycles. The van der Waals surface area contributed by atoms with Crippen LogP contribution in [0.4, 0.5) is 5.00 Å². The van der Waals surface area contributed by atoms with E-state index in [9.17, 15) is 4.79 Å². The van der Waals surface area contributed by atoms with Gasteiger partial charge in [0, 0.05) is 34.1 Å². The molecule has 0 atom stereocenters. The summed E-state index contributed by atoms with van der Waals surface area (Å²) in [5.74, 6) is -0.0331. The molecule has 38 heavy (non-hydrogen) atoms. The molecule has 0 spiro atoms. The van der Waals surface area contributed by atoms with Crippen molar-refractivity contribution in [3.8, 4) is 11.3 Å². The van der Waals surface area contributed by atoms with Gasteiger partial charge in [-0.1, -0.05) is 72.3 Å². The van der Waals surface area contributed by atoms with Crippen molar-refractivity contribution in [1.29, 1.82) is 0 Å². The second-order valence-electron chi connectivity index (χ2n) is 10.1. The molecule has 0 unspecified atom stereocenters. The highest BCUT2D eigenvalue weighted by atomic mass is 32.1. The molecule has 0 aliphatic heterocycles. The van der Waals surface area contributed by atoms with Gasteiger partial charge in [-0.2, -0.15) is 0 Å². The number of aromatic amines is 1. The van der Waals surface area contributed by atoms with E-state index in [4.69, 9.17) is 4.99 Å². The lowest BCUT2D eigenvalue weighted by atomic mass is 9.95. The maximum Gasteiger partial charge on any atom is 0.254 e. The van der Waals surface area contributed by atoms with Crippen molar-refractivity contribution in [1.82, 2.24) is 10.3 Å². The summed E-state index contributed by atoms with van der Waals surface area (Å²) in [6, 6.07) is 24.9. The first-order valence-electron chi connectivity index (χ1n) is 13.3. The number of nitrogens with zero attached hydrogens (tertiary/aromatic N) is 1. The Morgan fingerprint density at radius 3 is 2.53 bits per heavy atom. The van der Waals surface area contributed by atoms with Crippen molar-refractivity contribution in [2.45, 2.75) is 46.1 Å². The second kappa shape index (κ2) is 10.4. The van der Waals surface area contributed by atoms with Gasteiger partial charge in [0.25, 0.3) is 5.91 Å². The number of hydrogen-bond acceptors (Lipinski definition) is 3. The summed E-state index contributed by atoms with van der Waals surface area (Å²) in [7, 11) is 0. The average Bonchev–Trinajstić information content (AvgIpc) is 3.50. The van der Waals surface area contributed by atoms with E-state index in [0.717, 1.165) is 63.1 Å². The summed E-state index contributed by atoms with van der Waals surface area (Å²) in [4.78, 5) is 23.6. The summed E-state index contributed by atoms with van der Waals surface area (Å²) < 4.78 is 0. The Morgan fingerprint density at radius 1 is 1.00 bits per heavy atom.